The van der Waals surface area contributed by atoms with Crippen molar-refractivity contribution in [2.75, 3.05) is 33.8 Å². The maximum Gasteiger partial charge on any atom is 0.223 e. The zero-order chi connectivity index (χ0) is 17.6. The van der Waals surface area contributed by atoms with Gasteiger partial charge in [0.05, 0.1) is 13.2 Å². The Bertz CT molecular complexity index is 702. The number of amides is 1. The molecular formula is C21H26N2O2. The van der Waals surface area contributed by atoms with Crippen LogP contribution < -0.4 is 4.74 Å². The summed E-state index contributed by atoms with van der Waals surface area (Å²) in [4.78, 5) is 17.2. The van der Waals surface area contributed by atoms with Crippen LogP contribution in [0.15, 0.2) is 54.6 Å². The van der Waals surface area contributed by atoms with Gasteiger partial charge in [-0.3, -0.25) is 4.79 Å². The van der Waals surface area contributed by atoms with Crippen LogP contribution in [0.2, 0.25) is 0 Å². The first-order chi connectivity index (χ1) is 12.2. The summed E-state index contributed by atoms with van der Waals surface area (Å²) in [5, 5.41) is 0. The van der Waals surface area contributed by atoms with Crippen LogP contribution in [0.25, 0.3) is 0 Å². The normalized spacial score (nSPS) is 18.2. The lowest BCUT2D eigenvalue weighted by Crippen LogP contribution is -2.49. The zero-order valence-electron chi connectivity index (χ0n) is 15.0. The average molecular weight is 338 g/mol. The number of methoxy groups -OCH3 is 1. The van der Waals surface area contributed by atoms with Crippen molar-refractivity contribution >= 4 is 5.91 Å². The minimum Gasteiger partial charge on any atom is -0.497 e. The quantitative estimate of drug-likeness (QED) is 0.840. The SMILES string of the molecule is COc1cccc(CCC(=O)N2CCN(C)CC2c2ccccc2)c1. The number of aryl methyl sites for hydroxylation is 1. The van der Waals surface area contributed by atoms with Crippen LogP contribution in [0.4, 0.5) is 0 Å². The molecule has 3 rings (SSSR count). The molecule has 4 heteroatoms. The molecule has 0 N–H and O–H groups in total. The Balaban J connectivity index is 1.68. The Kier molecular flexibility index (Phi) is 5.71. The Hall–Kier alpha value is -2.33. The fourth-order valence-electron chi connectivity index (χ4n) is 3.40. The molecule has 1 unspecified atom stereocenters. The van der Waals surface area contributed by atoms with E-state index in [-0.39, 0.29) is 11.9 Å². The van der Waals surface area contributed by atoms with Crippen molar-refractivity contribution in [3.05, 3.63) is 65.7 Å². The van der Waals surface area contributed by atoms with Crippen LogP contribution in [0, 0.1) is 0 Å². The molecule has 1 heterocycles. The number of hydrogen-bond acceptors (Lipinski definition) is 3. The molecule has 2 aromatic rings. The third-order valence-electron chi connectivity index (χ3n) is 4.85. The lowest BCUT2D eigenvalue weighted by molar-refractivity contribution is -0.136. The van der Waals surface area contributed by atoms with E-state index in [0.717, 1.165) is 37.4 Å². The highest BCUT2D eigenvalue weighted by Crippen LogP contribution is 2.26. The monoisotopic (exact) mass is 338 g/mol. The summed E-state index contributed by atoms with van der Waals surface area (Å²) >= 11 is 0. The van der Waals surface area contributed by atoms with Gasteiger partial charge >= 0.3 is 0 Å². The molecule has 2 aromatic carbocycles. The first-order valence-corrected chi connectivity index (χ1v) is 8.83. The number of nitrogens with zero attached hydrogens (tertiary/aromatic N) is 2. The van der Waals surface area contributed by atoms with Crippen LogP contribution in [0.1, 0.15) is 23.6 Å². The van der Waals surface area contributed by atoms with Crippen molar-refractivity contribution in [2.24, 2.45) is 0 Å². The van der Waals surface area contributed by atoms with E-state index in [1.807, 2.05) is 36.4 Å². The predicted octanol–water partition coefficient (Wildman–Crippen LogP) is 3.14. The van der Waals surface area contributed by atoms with Crippen LogP contribution in [0.5, 0.6) is 5.75 Å². The van der Waals surface area contributed by atoms with Crippen molar-refractivity contribution < 1.29 is 9.53 Å². The van der Waals surface area contributed by atoms with Gasteiger partial charge < -0.3 is 14.5 Å². The highest BCUT2D eigenvalue weighted by atomic mass is 16.5. The van der Waals surface area contributed by atoms with Gasteiger partial charge in [-0.1, -0.05) is 42.5 Å². The van der Waals surface area contributed by atoms with Gasteiger partial charge in [0, 0.05) is 26.1 Å². The topological polar surface area (TPSA) is 32.8 Å². The molecule has 0 spiro atoms. The highest BCUT2D eigenvalue weighted by Gasteiger charge is 2.29. The molecule has 0 aliphatic carbocycles. The maximum absolute atomic E-state index is 12.9. The Morgan fingerprint density at radius 2 is 1.92 bits per heavy atom. The van der Waals surface area contributed by atoms with E-state index in [4.69, 9.17) is 4.74 Å². The summed E-state index contributed by atoms with van der Waals surface area (Å²) < 4.78 is 5.26. The van der Waals surface area contributed by atoms with Crippen molar-refractivity contribution in [1.82, 2.24) is 9.80 Å². The third-order valence-corrected chi connectivity index (χ3v) is 4.85. The van der Waals surface area contributed by atoms with E-state index in [1.54, 1.807) is 7.11 Å². The lowest BCUT2D eigenvalue weighted by atomic mass is 10.0. The number of piperazine rings is 1. The van der Waals surface area contributed by atoms with E-state index < -0.39 is 0 Å². The fraction of sp³-hybridized carbons (Fsp3) is 0.381. The molecule has 0 saturated carbocycles. The highest BCUT2D eigenvalue weighted by molar-refractivity contribution is 5.77. The Morgan fingerprint density at radius 1 is 1.12 bits per heavy atom. The predicted molar refractivity (Wildman–Crippen MR) is 99.7 cm³/mol. The molecule has 1 aliphatic heterocycles. The molecule has 1 aliphatic rings. The van der Waals surface area contributed by atoms with E-state index in [1.165, 1.54) is 5.56 Å². The van der Waals surface area contributed by atoms with Gasteiger partial charge in [-0.05, 0) is 36.7 Å². The van der Waals surface area contributed by atoms with E-state index >= 15 is 0 Å². The molecule has 0 radical (unpaired) electrons. The van der Waals surface area contributed by atoms with Gasteiger partial charge in [0.2, 0.25) is 5.91 Å². The minimum absolute atomic E-state index is 0.137. The maximum atomic E-state index is 12.9. The Labute approximate surface area is 150 Å². The smallest absolute Gasteiger partial charge is 0.223 e. The number of carbonyl (C=O) groups is 1. The van der Waals surface area contributed by atoms with Gasteiger partial charge in [0.25, 0.3) is 0 Å². The molecule has 1 saturated heterocycles. The van der Waals surface area contributed by atoms with Gasteiger partial charge in [0.1, 0.15) is 5.75 Å². The van der Waals surface area contributed by atoms with Crippen molar-refractivity contribution in [1.29, 1.82) is 0 Å². The second kappa shape index (κ2) is 8.17. The summed E-state index contributed by atoms with van der Waals surface area (Å²) in [6.07, 6.45) is 1.27. The van der Waals surface area contributed by atoms with Crippen LogP contribution in [-0.2, 0) is 11.2 Å². The first kappa shape index (κ1) is 17.5. The van der Waals surface area contributed by atoms with E-state index in [9.17, 15) is 4.79 Å². The van der Waals surface area contributed by atoms with Gasteiger partial charge in [-0.25, -0.2) is 0 Å². The molecule has 1 fully saturated rings. The summed E-state index contributed by atoms with van der Waals surface area (Å²) in [7, 11) is 3.78. The minimum atomic E-state index is 0.137. The number of benzene rings is 2. The molecular weight excluding hydrogens is 312 g/mol. The van der Waals surface area contributed by atoms with Crippen molar-refractivity contribution in [3.8, 4) is 5.75 Å². The molecule has 1 amide bonds. The van der Waals surface area contributed by atoms with Gasteiger partial charge in [-0.2, -0.15) is 0 Å². The second-order valence-corrected chi connectivity index (χ2v) is 6.63. The molecule has 132 valence electrons. The number of likely N-dealkylation sites (N-methyl/N-ethyl adjacent to an activating group) is 1. The molecule has 0 aromatic heterocycles. The average Bonchev–Trinajstić information content (AvgIpc) is 2.67. The zero-order valence-corrected chi connectivity index (χ0v) is 15.0. The number of carbonyl (C=O) groups excluding carboxylic acids is 1. The molecule has 25 heavy (non-hydrogen) atoms. The van der Waals surface area contributed by atoms with Gasteiger partial charge in [0.15, 0.2) is 0 Å². The molecule has 0 bridgehead atoms. The number of ether oxygens (including phenoxy) is 1. The summed E-state index contributed by atoms with van der Waals surface area (Å²) in [6, 6.07) is 18.4. The first-order valence-electron chi connectivity index (χ1n) is 8.83. The van der Waals surface area contributed by atoms with E-state index in [2.05, 4.69) is 35.0 Å². The number of hydrogen-bond donors (Lipinski definition) is 0. The third kappa shape index (κ3) is 4.40. The van der Waals surface area contributed by atoms with Crippen molar-refractivity contribution in [3.63, 3.8) is 0 Å². The second-order valence-electron chi connectivity index (χ2n) is 6.63. The lowest BCUT2D eigenvalue weighted by Gasteiger charge is -2.40. The summed E-state index contributed by atoms with van der Waals surface area (Å²) in [5.74, 6) is 1.07. The van der Waals surface area contributed by atoms with Gasteiger partial charge in [-0.15, -0.1) is 0 Å². The summed E-state index contributed by atoms with van der Waals surface area (Å²) in [6.45, 7) is 2.59. The largest absolute Gasteiger partial charge is 0.497 e. The van der Waals surface area contributed by atoms with E-state index in [0.29, 0.717) is 6.42 Å². The Morgan fingerprint density at radius 3 is 2.68 bits per heavy atom. The molecule has 1 atom stereocenters. The number of rotatable bonds is 5. The summed E-state index contributed by atoms with van der Waals surface area (Å²) in [5.41, 5.74) is 2.35. The fourth-order valence-corrected chi connectivity index (χ4v) is 3.40. The van der Waals surface area contributed by atoms with Crippen LogP contribution in [-0.4, -0.2) is 49.5 Å². The standard InChI is InChI=1S/C21H26N2O2/c1-22-13-14-23(20(16-22)18-8-4-3-5-9-18)21(24)12-11-17-7-6-10-19(15-17)25-2/h3-10,15,20H,11-14,16H2,1-2H3. The molecule has 4 nitrogen and oxygen atoms in total. The van der Waals surface area contributed by atoms with Crippen molar-refractivity contribution in [2.45, 2.75) is 18.9 Å². The van der Waals surface area contributed by atoms with Crippen LogP contribution >= 0.6 is 0 Å². The van der Waals surface area contributed by atoms with Crippen LogP contribution in [0.3, 0.4) is 0 Å².